The Morgan fingerprint density at radius 2 is 2.00 bits per heavy atom. The van der Waals surface area contributed by atoms with Crippen molar-refractivity contribution in [3.05, 3.63) is 111 Å². The van der Waals surface area contributed by atoms with Crippen molar-refractivity contribution >= 4 is 17.1 Å². The van der Waals surface area contributed by atoms with Gasteiger partial charge in [0.15, 0.2) is 0 Å². The van der Waals surface area contributed by atoms with Crippen LogP contribution in [0.5, 0.6) is 5.75 Å². The molecule has 0 unspecified atom stereocenters. The number of rotatable bonds is 8. The monoisotopic (exact) mass is 523 g/mol. The molecule has 4 aromatic heterocycles. The topological polar surface area (TPSA) is 85.2 Å². The maximum absolute atomic E-state index is 15.3. The molecule has 39 heavy (non-hydrogen) atoms. The van der Waals surface area contributed by atoms with E-state index >= 15 is 4.39 Å². The lowest BCUT2D eigenvalue weighted by atomic mass is 10.0. The first-order chi connectivity index (χ1) is 18.9. The second-order valence-electron chi connectivity index (χ2n) is 9.44. The van der Waals surface area contributed by atoms with E-state index < -0.39 is 5.82 Å². The molecule has 198 valence electrons. The summed E-state index contributed by atoms with van der Waals surface area (Å²) in [4.78, 5) is 29.4. The Morgan fingerprint density at radius 1 is 1.15 bits per heavy atom. The van der Waals surface area contributed by atoms with Crippen molar-refractivity contribution in [2.24, 2.45) is 4.99 Å². The Hall–Kier alpha value is -4.59. The van der Waals surface area contributed by atoms with E-state index in [4.69, 9.17) is 9.72 Å². The number of aliphatic imine (C=N–C) groups is 1. The molecular formula is C31H30FN5O2. The largest absolute Gasteiger partial charge is 0.486 e. The fourth-order valence-corrected chi connectivity index (χ4v) is 4.90. The van der Waals surface area contributed by atoms with E-state index in [0.29, 0.717) is 40.1 Å². The Bertz CT molecular complexity index is 1750. The third-order valence-electron chi connectivity index (χ3n) is 6.84. The molecule has 0 amide bonds. The number of nitrogens with zero attached hydrogens (tertiary/aromatic N) is 4. The van der Waals surface area contributed by atoms with Crippen LogP contribution in [-0.2, 0) is 19.6 Å². The minimum Gasteiger partial charge on any atom is -0.486 e. The van der Waals surface area contributed by atoms with Crippen LogP contribution < -0.4 is 10.3 Å². The molecule has 0 fully saturated rings. The van der Waals surface area contributed by atoms with Crippen molar-refractivity contribution in [2.75, 3.05) is 7.05 Å². The number of halogens is 1. The molecule has 5 aromatic rings. The molecule has 5 rings (SSSR count). The third-order valence-corrected chi connectivity index (χ3v) is 6.84. The predicted molar refractivity (Wildman–Crippen MR) is 152 cm³/mol. The van der Waals surface area contributed by atoms with Gasteiger partial charge < -0.3 is 14.3 Å². The fraction of sp³-hybridized carbons (Fsp3) is 0.226. The fourth-order valence-electron chi connectivity index (χ4n) is 4.90. The van der Waals surface area contributed by atoms with E-state index in [1.54, 1.807) is 29.9 Å². The lowest BCUT2D eigenvalue weighted by Crippen LogP contribution is -2.25. The van der Waals surface area contributed by atoms with Crippen LogP contribution in [-0.4, -0.2) is 32.8 Å². The minimum atomic E-state index is -0.478. The molecule has 0 aliphatic heterocycles. The van der Waals surface area contributed by atoms with Crippen molar-refractivity contribution in [1.82, 2.24) is 19.5 Å². The lowest BCUT2D eigenvalue weighted by molar-refractivity contribution is 0.300. The number of fused-ring (bicyclic) bond motifs is 1. The molecule has 0 bridgehead atoms. The number of aromatic nitrogens is 4. The Labute approximate surface area is 226 Å². The molecule has 0 aliphatic carbocycles. The summed E-state index contributed by atoms with van der Waals surface area (Å²) in [6.45, 7) is 6.09. The highest BCUT2D eigenvalue weighted by molar-refractivity contribution is 5.97. The SMILES string of the molecule is CCc1ncc(F)c(COc2cccc3c(-c4[nH]ccc4C)cc(C)nc23)c1Cn1cccc(C=NC)c1=O. The second-order valence-corrected chi connectivity index (χ2v) is 9.44. The summed E-state index contributed by atoms with van der Waals surface area (Å²) in [5.41, 5.74) is 6.72. The van der Waals surface area contributed by atoms with Gasteiger partial charge in [-0.2, -0.15) is 0 Å². The van der Waals surface area contributed by atoms with Crippen LogP contribution >= 0.6 is 0 Å². The highest BCUT2D eigenvalue weighted by Crippen LogP contribution is 2.34. The van der Waals surface area contributed by atoms with Gasteiger partial charge >= 0.3 is 0 Å². The normalized spacial score (nSPS) is 11.5. The van der Waals surface area contributed by atoms with Crippen molar-refractivity contribution in [2.45, 2.75) is 40.3 Å². The van der Waals surface area contributed by atoms with E-state index in [0.717, 1.165) is 27.9 Å². The number of H-pyrrole nitrogens is 1. The molecule has 0 aliphatic rings. The summed E-state index contributed by atoms with van der Waals surface area (Å²) in [6, 6.07) is 13.3. The van der Waals surface area contributed by atoms with Gasteiger partial charge in [0, 0.05) is 64.8 Å². The number of pyridine rings is 3. The smallest absolute Gasteiger partial charge is 0.259 e. The van der Waals surface area contributed by atoms with Crippen molar-refractivity contribution in [3.63, 3.8) is 0 Å². The highest BCUT2D eigenvalue weighted by atomic mass is 19.1. The van der Waals surface area contributed by atoms with Gasteiger partial charge in [-0.1, -0.05) is 19.1 Å². The summed E-state index contributed by atoms with van der Waals surface area (Å²) < 4.78 is 23.1. The molecule has 8 heteroatoms. The van der Waals surface area contributed by atoms with Crippen LogP contribution in [0.2, 0.25) is 0 Å². The molecular weight excluding hydrogens is 493 g/mol. The highest BCUT2D eigenvalue weighted by Gasteiger charge is 2.18. The first-order valence-electron chi connectivity index (χ1n) is 12.9. The van der Waals surface area contributed by atoms with Crippen LogP contribution in [0.15, 0.2) is 70.8 Å². The Morgan fingerprint density at radius 3 is 2.74 bits per heavy atom. The number of hydrogen-bond acceptors (Lipinski definition) is 5. The zero-order chi connectivity index (χ0) is 27.5. The van der Waals surface area contributed by atoms with E-state index in [1.165, 1.54) is 12.4 Å². The first-order valence-corrected chi connectivity index (χ1v) is 12.9. The third kappa shape index (κ3) is 5.10. The zero-order valence-electron chi connectivity index (χ0n) is 22.5. The molecule has 1 aromatic carbocycles. The van der Waals surface area contributed by atoms with Crippen LogP contribution in [0.3, 0.4) is 0 Å². The zero-order valence-corrected chi connectivity index (χ0v) is 22.5. The van der Waals surface area contributed by atoms with Gasteiger partial charge in [-0.25, -0.2) is 9.37 Å². The van der Waals surface area contributed by atoms with Crippen molar-refractivity contribution in [1.29, 1.82) is 0 Å². The number of ether oxygens (including phenoxy) is 1. The van der Waals surface area contributed by atoms with Crippen LogP contribution in [0.1, 0.15) is 40.6 Å². The molecule has 4 heterocycles. The molecule has 0 saturated carbocycles. The minimum absolute atomic E-state index is 0.0346. The number of benzene rings is 1. The van der Waals surface area contributed by atoms with E-state index in [9.17, 15) is 4.79 Å². The maximum atomic E-state index is 15.3. The van der Waals surface area contributed by atoms with Gasteiger partial charge in [0.25, 0.3) is 5.56 Å². The quantitative estimate of drug-likeness (QED) is 0.261. The van der Waals surface area contributed by atoms with Crippen LogP contribution in [0.25, 0.3) is 22.2 Å². The average Bonchev–Trinajstić information content (AvgIpc) is 3.36. The number of hydrogen-bond donors (Lipinski definition) is 1. The Balaban J connectivity index is 1.55. The Kier molecular flexibility index (Phi) is 7.36. The van der Waals surface area contributed by atoms with E-state index in [2.05, 4.69) is 21.9 Å². The maximum Gasteiger partial charge on any atom is 0.259 e. The van der Waals surface area contributed by atoms with Gasteiger partial charge in [0.1, 0.15) is 23.7 Å². The summed E-state index contributed by atoms with van der Waals surface area (Å²) in [7, 11) is 1.61. The average molecular weight is 524 g/mol. The number of aryl methyl sites for hydroxylation is 3. The van der Waals surface area contributed by atoms with E-state index in [-0.39, 0.29) is 18.7 Å². The summed E-state index contributed by atoms with van der Waals surface area (Å²) in [5.74, 6) is 0.0776. The number of nitrogens with one attached hydrogen (secondary N) is 1. The summed E-state index contributed by atoms with van der Waals surface area (Å²) in [5, 5.41) is 0.939. The molecule has 0 atom stereocenters. The summed E-state index contributed by atoms with van der Waals surface area (Å²) in [6.07, 6.45) is 6.93. The molecule has 0 radical (unpaired) electrons. The van der Waals surface area contributed by atoms with Gasteiger partial charge in [-0.05, 0) is 56.2 Å². The molecule has 1 N–H and O–H groups in total. The van der Waals surface area contributed by atoms with Gasteiger partial charge in [-0.15, -0.1) is 0 Å². The number of para-hydroxylation sites is 1. The van der Waals surface area contributed by atoms with Gasteiger partial charge in [0.2, 0.25) is 0 Å². The first kappa shape index (κ1) is 26.0. The van der Waals surface area contributed by atoms with Crippen molar-refractivity contribution < 1.29 is 9.13 Å². The van der Waals surface area contributed by atoms with Crippen LogP contribution in [0, 0.1) is 19.7 Å². The standard InChI is InChI=1S/C31H30FN5O2/c1-5-27-24(17-37-13-7-8-21(15-33-4)31(37)38)25(26(32)16-35-27)18-39-28-10-6-9-22-23(14-20(3)36-30(22)28)29-19(2)11-12-34-29/h6-16,34H,5,17-18H2,1-4H3. The predicted octanol–water partition coefficient (Wildman–Crippen LogP) is 5.78. The van der Waals surface area contributed by atoms with Gasteiger partial charge in [-0.3, -0.25) is 14.8 Å². The summed E-state index contributed by atoms with van der Waals surface area (Å²) >= 11 is 0. The van der Waals surface area contributed by atoms with Gasteiger partial charge in [0.05, 0.1) is 18.3 Å². The molecule has 0 saturated heterocycles. The molecule has 7 nitrogen and oxygen atoms in total. The van der Waals surface area contributed by atoms with E-state index in [1.807, 2.05) is 50.4 Å². The second kappa shape index (κ2) is 11.0. The number of aromatic amines is 1. The molecule has 0 spiro atoms. The lowest BCUT2D eigenvalue weighted by Gasteiger charge is -2.17. The van der Waals surface area contributed by atoms with Crippen molar-refractivity contribution in [3.8, 4) is 17.0 Å². The van der Waals surface area contributed by atoms with Crippen LogP contribution in [0.4, 0.5) is 4.39 Å².